The summed E-state index contributed by atoms with van der Waals surface area (Å²) in [7, 11) is 3.42. The molecule has 164 valence electrons. The highest BCUT2D eigenvalue weighted by molar-refractivity contribution is 5.93. The third kappa shape index (κ3) is 4.72. The Labute approximate surface area is 187 Å². The van der Waals surface area contributed by atoms with Crippen LogP contribution in [0.5, 0.6) is 11.5 Å². The lowest BCUT2D eigenvalue weighted by molar-refractivity contribution is 0.0779. The lowest BCUT2D eigenvalue weighted by Gasteiger charge is -2.18. The molecule has 0 spiro atoms. The summed E-state index contributed by atoms with van der Waals surface area (Å²) in [6.07, 6.45) is 4.02. The molecule has 2 aromatic heterocycles. The van der Waals surface area contributed by atoms with Crippen molar-refractivity contribution in [2.45, 2.75) is 19.5 Å². The maximum atomic E-state index is 12.8. The Balaban J connectivity index is 1.47. The number of fused-ring (bicyclic) bond motifs is 1. The number of carbonyl (C=O) groups is 1. The van der Waals surface area contributed by atoms with E-state index in [0.717, 1.165) is 41.3 Å². The Bertz CT molecular complexity index is 1190. The van der Waals surface area contributed by atoms with E-state index in [0.29, 0.717) is 18.7 Å². The summed E-state index contributed by atoms with van der Waals surface area (Å²) < 4.78 is 13.4. The molecule has 32 heavy (non-hydrogen) atoms. The van der Waals surface area contributed by atoms with E-state index < -0.39 is 0 Å². The zero-order valence-corrected chi connectivity index (χ0v) is 18.3. The van der Waals surface area contributed by atoms with Crippen LogP contribution >= 0.6 is 0 Å². The van der Waals surface area contributed by atoms with E-state index in [1.807, 2.05) is 42.5 Å². The highest BCUT2D eigenvalue weighted by atomic mass is 16.5. The van der Waals surface area contributed by atoms with Crippen molar-refractivity contribution in [2.75, 3.05) is 20.8 Å². The van der Waals surface area contributed by atoms with E-state index >= 15 is 0 Å². The predicted molar refractivity (Wildman–Crippen MR) is 123 cm³/mol. The minimum Gasteiger partial charge on any atom is -0.493 e. The molecule has 0 atom stereocenters. The number of para-hydroxylation sites is 4. The van der Waals surface area contributed by atoms with Crippen LogP contribution in [0.3, 0.4) is 0 Å². The van der Waals surface area contributed by atoms with Gasteiger partial charge in [-0.05, 0) is 42.8 Å². The first-order valence-corrected chi connectivity index (χ1v) is 10.5. The number of carbonyl (C=O) groups excluding carboxylic acids is 1. The number of pyridine rings is 1. The summed E-state index contributed by atoms with van der Waals surface area (Å²) in [5.74, 6) is 2.20. The largest absolute Gasteiger partial charge is 0.493 e. The molecular formula is C25H26N4O3. The summed E-state index contributed by atoms with van der Waals surface area (Å²) >= 11 is 0. The average Bonchev–Trinajstić information content (AvgIpc) is 3.19. The van der Waals surface area contributed by atoms with Gasteiger partial charge in [-0.15, -0.1) is 0 Å². The van der Waals surface area contributed by atoms with Crippen LogP contribution in [0.2, 0.25) is 0 Å². The number of benzene rings is 2. The van der Waals surface area contributed by atoms with Crippen molar-refractivity contribution in [3.63, 3.8) is 0 Å². The molecule has 0 aliphatic carbocycles. The second kappa shape index (κ2) is 9.96. The number of aryl methyl sites for hydroxylation is 1. The van der Waals surface area contributed by atoms with E-state index in [4.69, 9.17) is 14.5 Å². The maximum Gasteiger partial charge on any atom is 0.255 e. The smallest absolute Gasteiger partial charge is 0.255 e. The van der Waals surface area contributed by atoms with Crippen LogP contribution in [0.4, 0.5) is 0 Å². The number of methoxy groups -OCH3 is 1. The predicted octanol–water partition coefficient (Wildman–Crippen LogP) is 4.18. The Kier molecular flexibility index (Phi) is 6.65. The van der Waals surface area contributed by atoms with Crippen LogP contribution in [0.1, 0.15) is 22.6 Å². The van der Waals surface area contributed by atoms with E-state index in [9.17, 15) is 4.79 Å². The van der Waals surface area contributed by atoms with Crippen LogP contribution in [-0.2, 0) is 13.1 Å². The fourth-order valence-electron chi connectivity index (χ4n) is 3.63. The fourth-order valence-corrected chi connectivity index (χ4v) is 3.63. The van der Waals surface area contributed by atoms with Gasteiger partial charge in [-0.1, -0.05) is 24.3 Å². The van der Waals surface area contributed by atoms with Crippen molar-refractivity contribution in [3.8, 4) is 11.5 Å². The summed E-state index contributed by atoms with van der Waals surface area (Å²) in [5, 5.41) is 0. The van der Waals surface area contributed by atoms with E-state index in [-0.39, 0.29) is 5.91 Å². The van der Waals surface area contributed by atoms with Crippen LogP contribution in [0, 0.1) is 0 Å². The van der Waals surface area contributed by atoms with Gasteiger partial charge in [-0.25, -0.2) is 4.98 Å². The summed E-state index contributed by atoms with van der Waals surface area (Å²) in [5.41, 5.74) is 2.51. The van der Waals surface area contributed by atoms with Gasteiger partial charge in [0.05, 0.1) is 36.9 Å². The van der Waals surface area contributed by atoms with Gasteiger partial charge in [-0.3, -0.25) is 9.78 Å². The lowest BCUT2D eigenvalue weighted by Crippen LogP contribution is -2.28. The summed E-state index contributed by atoms with van der Waals surface area (Å²) in [4.78, 5) is 23.3. The molecule has 2 aromatic carbocycles. The Morgan fingerprint density at radius 3 is 2.59 bits per heavy atom. The SMILES string of the molecule is COc1ccccc1OCCCn1c(CN(C)C(=O)c2cccnc2)nc2ccccc21. The van der Waals surface area contributed by atoms with Gasteiger partial charge < -0.3 is 18.9 Å². The first kappa shape index (κ1) is 21.4. The van der Waals surface area contributed by atoms with Crippen molar-refractivity contribution in [1.82, 2.24) is 19.4 Å². The van der Waals surface area contributed by atoms with Crippen molar-refractivity contribution in [1.29, 1.82) is 0 Å². The maximum absolute atomic E-state index is 12.8. The van der Waals surface area contributed by atoms with E-state index in [1.54, 1.807) is 43.6 Å². The molecule has 7 nitrogen and oxygen atoms in total. The van der Waals surface area contributed by atoms with Gasteiger partial charge in [0.25, 0.3) is 5.91 Å². The molecule has 0 fully saturated rings. The van der Waals surface area contributed by atoms with Crippen molar-refractivity contribution >= 4 is 16.9 Å². The average molecular weight is 431 g/mol. The van der Waals surface area contributed by atoms with Crippen molar-refractivity contribution in [3.05, 3.63) is 84.4 Å². The number of nitrogens with zero attached hydrogens (tertiary/aromatic N) is 4. The van der Waals surface area contributed by atoms with Gasteiger partial charge in [0.2, 0.25) is 0 Å². The molecule has 0 saturated heterocycles. The number of amides is 1. The van der Waals surface area contributed by atoms with Gasteiger partial charge in [-0.2, -0.15) is 0 Å². The second-order valence-corrected chi connectivity index (χ2v) is 7.42. The number of imidazole rings is 1. The number of rotatable bonds is 9. The molecule has 0 bridgehead atoms. The molecule has 0 N–H and O–H groups in total. The zero-order valence-electron chi connectivity index (χ0n) is 18.3. The normalized spacial score (nSPS) is 10.8. The number of ether oxygens (including phenoxy) is 2. The van der Waals surface area contributed by atoms with Crippen molar-refractivity contribution < 1.29 is 14.3 Å². The minimum absolute atomic E-state index is 0.0868. The van der Waals surface area contributed by atoms with Gasteiger partial charge in [0.15, 0.2) is 11.5 Å². The molecule has 0 saturated carbocycles. The minimum atomic E-state index is -0.0868. The topological polar surface area (TPSA) is 69.5 Å². The number of aromatic nitrogens is 3. The van der Waals surface area contributed by atoms with Crippen LogP contribution < -0.4 is 9.47 Å². The van der Waals surface area contributed by atoms with E-state index in [1.165, 1.54) is 0 Å². The van der Waals surface area contributed by atoms with Crippen LogP contribution in [-0.4, -0.2) is 46.1 Å². The molecule has 1 amide bonds. The molecule has 0 unspecified atom stereocenters. The number of hydrogen-bond donors (Lipinski definition) is 0. The zero-order chi connectivity index (χ0) is 22.3. The molecule has 7 heteroatoms. The Hall–Kier alpha value is -3.87. The molecular weight excluding hydrogens is 404 g/mol. The standard InChI is InChI=1S/C25H26N4O3/c1-28(25(30)19-9-7-14-26-17-19)18-24-27-20-10-3-4-11-21(20)29(24)15-8-16-32-23-13-6-5-12-22(23)31-2/h3-7,9-14,17H,8,15-16,18H2,1-2H3. The summed E-state index contributed by atoms with van der Waals surface area (Å²) in [6.45, 7) is 1.66. The van der Waals surface area contributed by atoms with Gasteiger partial charge >= 0.3 is 0 Å². The fraction of sp³-hybridized carbons (Fsp3) is 0.240. The highest BCUT2D eigenvalue weighted by Gasteiger charge is 2.17. The third-order valence-electron chi connectivity index (χ3n) is 5.22. The lowest BCUT2D eigenvalue weighted by atomic mass is 10.2. The van der Waals surface area contributed by atoms with Crippen LogP contribution in [0.25, 0.3) is 11.0 Å². The molecule has 0 radical (unpaired) electrons. The van der Waals surface area contributed by atoms with Gasteiger partial charge in [0.1, 0.15) is 5.82 Å². The van der Waals surface area contributed by atoms with Crippen molar-refractivity contribution in [2.24, 2.45) is 0 Å². The second-order valence-electron chi connectivity index (χ2n) is 7.42. The van der Waals surface area contributed by atoms with Gasteiger partial charge in [0, 0.05) is 26.0 Å². The Morgan fingerprint density at radius 2 is 1.81 bits per heavy atom. The first-order valence-electron chi connectivity index (χ1n) is 10.5. The molecule has 2 heterocycles. The molecule has 0 aliphatic heterocycles. The quantitative estimate of drug-likeness (QED) is 0.373. The van der Waals surface area contributed by atoms with Crippen LogP contribution in [0.15, 0.2) is 73.1 Å². The molecule has 4 rings (SSSR count). The number of hydrogen-bond acceptors (Lipinski definition) is 5. The Morgan fingerprint density at radius 1 is 1.03 bits per heavy atom. The monoisotopic (exact) mass is 430 g/mol. The molecule has 4 aromatic rings. The summed E-state index contributed by atoms with van der Waals surface area (Å²) in [6, 6.07) is 19.2. The first-order chi connectivity index (χ1) is 15.7. The third-order valence-corrected chi connectivity index (χ3v) is 5.22. The van der Waals surface area contributed by atoms with E-state index in [2.05, 4.69) is 15.6 Å². The molecule has 0 aliphatic rings. The highest BCUT2D eigenvalue weighted by Crippen LogP contribution is 2.26.